The second kappa shape index (κ2) is 4.56. The van der Waals surface area contributed by atoms with Crippen molar-refractivity contribution in [2.45, 2.75) is 18.9 Å². The molecule has 1 aliphatic heterocycles. The summed E-state index contributed by atoms with van der Waals surface area (Å²) in [5.74, 6) is 0.0136. The van der Waals surface area contributed by atoms with Crippen LogP contribution in [-0.4, -0.2) is 69.6 Å². The zero-order chi connectivity index (χ0) is 11.5. The molecular formula is C9H16N6O. The predicted molar refractivity (Wildman–Crippen MR) is 56.8 cm³/mol. The lowest BCUT2D eigenvalue weighted by atomic mass is 10.0. The number of hydrogen-bond acceptors (Lipinski definition) is 5. The number of carbonyl (C=O) groups excluding carboxylic acids is 1. The summed E-state index contributed by atoms with van der Waals surface area (Å²) in [6, 6.07) is 0.421. The Morgan fingerprint density at radius 2 is 2.38 bits per heavy atom. The van der Waals surface area contributed by atoms with E-state index in [1.54, 1.807) is 4.90 Å². The van der Waals surface area contributed by atoms with Gasteiger partial charge in [0.2, 0.25) is 0 Å². The number of likely N-dealkylation sites (N-methyl/N-ethyl adjacent to an activating group) is 1. The lowest BCUT2D eigenvalue weighted by Crippen LogP contribution is -2.47. The van der Waals surface area contributed by atoms with E-state index in [2.05, 4.69) is 25.5 Å². The first-order valence-electron chi connectivity index (χ1n) is 5.37. The third kappa shape index (κ3) is 2.19. The Hall–Kier alpha value is -1.50. The van der Waals surface area contributed by atoms with Crippen LogP contribution in [0.5, 0.6) is 0 Å². The molecule has 1 saturated heterocycles. The number of likely N-dealkylation sites (tertiary alicyclic amines) is 1. The molecule has 1 aliphatic rings. The molecule has 2 rings (SSSR count). The van der Waals surface area contributed by atoms with Gasteiger partial charge in [-0.3, -0.25) is 4.79 Å². The third-order valence-corrected chi connectivity index (χ3v) is 2.95. The van der Waals surface area contributed by atoms with Crippen molar-refractivity contribution in [2.24, 2.45) is 0 Å². The highest BCUT2D eigenvalue weighted by molar-refractivity contribution is 5.90. The van der Waals surface area contributed by atoms with E-state index >= 15 is 0 Å². The SMILES string of the molecule is CN(C)C1CCCN(C(=O)c2nn[nH]n2)C1. The van der Waals surface area contributed by atoms with E-state index in [1.807, 2.05) is 14.1 Å². The van der Waals surface area contributed by atoms with Crippen LogP contribution < -0.4 is 0 Å². The van der Waals surface area contributed by atoms with Crippen molar-refractivity contribution in [3.8, 4) is 0 Å². The minimum atomic E-state index is -0.139. The van der Waals surface area contributed by atoms with Crippen molar-refractivity contribution in [1.82, 2.24) is 30.4 Å². The number of rotatable bonds is 2. The summed E-state index contributed by atoms with van der Waals surface area (Å²) < 4.78 is 0. The van der Waals surface area contributed by atoms with E-state index in [0.717, 1.165) is 25.9 Å². The molecule has 1 amide bonds. The standard InChI is InChI=1S/C9H16N6O/c1-14(2)7-4-3-5-15(6-7)9(16)8-10-12-13-11-8/h7H,3-6H2,1-2H3,(H,10,11,12,13). The maximum Gasteiger partial charge on any atom is 0.295 e. The van der Waals surface area contributed by atoms with Gasteiger partial charge in [0.15, 0.2) is 0 Å². The van der Waals surface area contributed by atoms with Gasteiger partial charge in [0.05, 0.1) is 0 Å². The molecule has 0 radical (unpaired) electrons. The van der Waals surface area contributed by atoms with E-state index in [-0.39, 0.29) is 11.7 Å². The predicted octanol–water partition coefficient (Wildman–Crippen LogP) is -0.634. The fourth-order valence-electron chi connectivity index (χ4n) is 1.95. The van der Waals surface area contributed by atoms with Crippen LogP contribution in [0, 0.1) is 0 Å². The summed E-state index contributed by atoms with van der Waals surface area (Å²) in [4.78, 5) is 15.9. The topological polar surface area (TPSA) is 78.0 Å². The highest BCUT2D eigenvalue weighted by Gasteiger charge is 2.27. The molecule has 7 nitrogen and oxygen atoms in total. The highest BCUT2D eigenvalue weighted by Crippen LogP contribution is 2.14. The van der Waals surface area contributed by atoms with Crippen molar-refractivity contribution >= 4 is 5.91 Å². The highest BCUT2D eigenvalue weighted by atomic mass is 16.2. The summed E-state index contributed by atoms with van der Waals surface area (Å²) >= 11 is 0. The quantitative estimate of drug-likeness (QED) is 0.723. The van der Waals surface area contributed by atoms with Crippen molar-refractivity contribution in [1.29, 1.82) is 0 Å². The number of hydrogen-bond donors (Lipinski definition) is 1. The van der Waals surface area contributed by atoms with Crippen molar-refractivity contribution in [2.75, 3.05) is 27.2 Å². The first-order valence-corrected chi connectivity index (χ1v) is 5.37. The van der Waals surface area contributed by atoms with Gasteiger partial charge in [-0.2, -0.15) is 5.21 Å². The monoisotopic (exact) mass is 224 g/mol. The summed E-state index contributed by atoms with van der Waals surface area (Å²) in [5.41, 5.74) is 0. The largest absolute Gasteiger partial charge is 0.334 e. The molecule has 1 aromatic rings. The lowest BCUT2D eigenvalue weighted by molar-refractivity contribution is 0.0623. The molecule has 0 bridgehead atoms. The van der Waals surface area contributed by atoms with E-state index < -0.39 is 0 Å². The van der Waals surface area contributed by atoms with Crippen LogP contribution in [0.4, 0.5) is 0 Å². The zero-order valence-electron chi connectivity index (χ0n) is 9.55. The van der Waals surface area contributed by atoms with Gasteiger partial charge in [-0.25, -0.2) is 0 Å². The number of amides is 1. The van der Waals surface area contributed by atoms with Crippen molar-refractivity contribution < 1.29 is 4.79 Å². The maximum absolute atomic E-state index is 12.0. The smallest absolute Gasteiger partial charge is 0.295 e. The van der Waals surface area contributed by atoms with Crippen LogP contribution in [-0.2, 0) is 0 Å². The van der Waals surface area contributed by atoms with Gasteiger partial charge in [0.25, 0.3) is 11.7 Å². The fraction of sp³-hybridized carbons (Fsp3) is 0.778. The molecule has 0 spiro atoms. The van der Waals surface area contributed by atoms with Crippen LogP contribution >= 0.6 is 0 Å². The second-order valence-electron chi connectivity index (χ2n) is 4.25. The van der Waals surface area contributed by atoms with E-state index in [9.17, 15) is 4.79 Å². The van der Waals surface area contributed by atoms with Crippen molar-refractivity contribution in [3.63, 3.8) is 0 Å². The Morgan fingerprint density at radius 3 is 3.00 bits per heavy atom. The number of piperidine rings is 1. The maximum atomic E-state index is 12.0. The molecule has 88 valence electrons. The van der Waals surface area contributed by atoms with Gasteiger partial charge in [0, 0.05) is 19.1 Å². The molecule has 1 fully saturated rings. The van der Waals surface area contributed by atoms with Crippen LogP contribution in [0.3, 0.4) is 0 Å². The Balaban J connectivity index is 2.02. The normalized spacial score (nSPS) is 21.4. The minimum Gasteiger partial charge on any atom is -0.334 e. The number of nitrogens with one attached hydrogen (secondary N) is 1. The minimum absolute atomic E-state index is 0.139. The van der Waals surface area contributed by atoms with Crippen LogP contribution in [0.2, 0.25) is 0 Å². The average molecular weight is 224 g/mol. The van der Waals surface area contributed by atoms with Gasteiger partial charge >= 0.3 is 0 Å². The summed E-state index contributed by atoms with van der Waals surface area (Å²) in [6.07, 6.45) is 2.15. The summed E-state index contributed by atoms with van der Waals surface area (Å²) in [5, 5.41) is 13.1. The number of aromatic nitrogens is 4. The first-order chi connectivity index (χ1) is 7.68. The van der Waals surface area contributed by atoms with Crippen LogP contribution in [0.15, 0.2) is 0 Å². The number of nitrogens with zero attached hydrogens (tertiary/aromatic N) is 5. The average Bonchev–Trinajstić information content (AvgIpc) is 2.81. The summed E-state index contributed by atoms with van der Waals surface area (Å²) in [6.45, 7) is 1.51. The fourth-order valence-corrected chi connectivity index (χ4v) is 1.95. The molecule has 7 heteroatoms. The first kappa shape index (κ1) is 11.0. The van der Waals surface area contributed by atoms with Gasteiger partial charge in [-0.1, -0.05) is 0 Å². The second-order valence-corrected chi connectivity index (χ2v) is 4.25. The molecule has 1 aromatic heterocycles. The molecule has 0 aliphatic carbocycles. The van der Waals surface area contributed by atoms with Gasteiger partial charge in [-0.15, -0.1) is 10.2 Å². The molecule has 16 heavy (non-hydrogen) atoms. The van der Waals surface area contributed by atoms with E-state index in [1.165, 1.54) is 0 Å². The zero-order valence-corrected chi connectivity index (χ0v) is 9.55. The van der Waals surface area contributed by atoms with Crippen molar-refractivity contribution in [3.05, 3.63) is 5.82 Å². The number of carbonyl (C=O) groups is 1. The van der Waals surface area contributed by atoms with Gasteiger partial charge < -0.3 is 9.80 Å². The molecule has 0 aromatic carbocycles. The van der Waals surface area contributed by atoms with E-state index in [4.69, 9.17) is 0 Å². The molecule has 1 unspecified atom stereocenters. The summed E-state index contributed by atoms with van der Waals surface area (Å²) in [7, 11) is 4.07. The Labute approximate surface area is 93.8 Å². The molecule has 0 saturated carbocycles. The number of aromatic amines is 1. The van der Waals surface area contributed by atoms with Gasteiger partial charge in [-0.05, 0) is 32.2 Å². The third-order valence-electron chi connectivity index (χ3n) is 2.95. The van der Waals surface area contributed by atoms with Gasteiger partial charge in [0.1, 0.15) is 0 Å². The molecule has 1 N–H and O–H groups in total. The molecular weight excluding hydrogens is 208 g/mol. The molecule has 2 heterocycles. The van der Waals surface area contributed by atoms with E-state index in [0.29, 0.717) is 6.04 Å². The number of H-pyrrole nitrogens is 1. The van der Waals surface area contributed by atoms with Crippen LogP contribution in [0.1, 0.15) is 23.5 Å². The lowest BCUT2D eigenvalue weighted by Gasteiger charge is -2.35. The number of tetrazole rings is 1. The Kier molecular flexibility index (Phi) is 3.14. The Morgan fingerprint density at radius 1 is 1.56 bits per heavy atom. The Bertz CT molecular complexity index is 349. The van der Waals surface area contributed by atoms with Crippen LogP contribution in [0.25, 0.3) is 0 Å². The molecule has 1 atom stereocenters.